The van der Waals surface area contributed by atoms with Crippen LogP contribution in [0.25, 0.3) is 0 Å². The van der Waals surface area contributed by atoms with Gasteiger partial charge >= 0.3 is 12.3 Å². The Balaban J connectivity index is 1.08. The summed E-state index contributed by atoms with van der Waals surface area (Å²) in [5.41, 5.74) is 0.410. The van der Waals surface area contributed by atoms with Crippen molar-refractivity contribution in [2.24, 2.45) is 23.7 Å². The zero-order valence-electron chi connectivity index (χ0n) is 26.4. The van der Waals surface area contributed by atoms with Crippen molar-refractivity contribution in [2.75, 3.05) is 13.2 Å². The van der Waals surface area contributed by atoms with E-state index in [1.807, 2.05) is 0 Å². The molecule has 2 aliphatic carbocycles. The second-order valence-electron chi connectivity index (χ2n) is 13.6. The molecule has 10 heteroatoms. The topological polar surface area (TPSA) is 27.7 Å². The molecule has 2 aromatic carbocycles. The van der Waals surface area contributed by atoms with Gasteiger partial charge in [-0.3, -0.25) is 0 Å². The van der Waals surface area contributed by atoms with Crippen LogP contribution in [0.3, 0.4) is 0 Å². The third-order valence-corrected chi connectivity index (χ3v) is 10.3. The first kappa shape index (κ1) is 35.0. The third kappa shape index (κ3) is 9.18. The number of benzene rings is 2. The summed E-state index contributed by atoms with van der Waals surface area (Å²) in [4.78, 5) is 0. The van der Waals surface area contributed by atoms with Crippen LogP contribution in [-0.2, 0) is 15.9 Å². The van der Waals surface area contributed by atoms with Crippen molar-refractivity contribution in [3.05, 3.63) is 64.7 Å². The molecule has 0 atom stereocenters. The standard InChI is InChI=1S/C36H45F7O3/c1-2-3-4-5-23-6-8-24(9-7-23)28-21-44-34(45-22-28)26-13-17-31(33(38)18-26)25-10-14-29(15-11-25)36(42,43)46-30-16-12-27(32(37)19-30)20-35(39,40)41/h12-13,16-19,23-25,28-29,34H,2-11,14-15,20-22H2,1H3. The normalized spacial score (nSPS) is 27.8. The van der Waals surface area contributed by atoms with Crippen LogP contribution < -0.4 is 4.74 Å². The van der Waals surface area contributed by atoms with E-state index in [0.29, 0.717) is 55.1 Å². The minimum absolute atomic E-state index is 0.0460. The van der Waals surface area contributed by atoms with Crippen molar-refractivity contribution >= 4 is 0 Å². The molecule has 0 spiro atoms. The molecule has 5 rings (SSSR count). The Bertz CT molecular complexity index is 1260. The van der Waals surface area contributed by atoms with Gasteiger partial charge in [0.05, 0.1) is 25.6 Å². The number of rotatable bonds is 11. The van der Waals surface area contributed by atoms with Gasteiger partial charge < -0.3 is 14.2 Å². The number of unbranched alkanes of at least 4 members (excludes halogenated alkanes) is 2. The number of halogens is 7. The molecule has 0 N–H and O–H groups in total. The summed E-state index contributed by atoms with van der Waals surface area (Å²) in [6.45, 7) is 3.41. The largest absolute Gasteiger partial charge is 0.432 e. The number of ether oxygens (including phenoxy) is 3. The van der Waals surface area contributed by atoms with Crippen LogP contribution in [0.15, 0.2) is 36.4 Å². The highest BCUT2D eigenvalue weighted by atomic mass is 19.4. The molecule has 1 aliphatic heterocycles. The average molecular weight is 659 g/mol. The van der Waals surface area contributed by atoms with E-state index in [1.165, 1.54) is 57.4 Å². The van der Waals surface area contributed by atoms with Gasteiger partial charge in [-0.1, -0.05) is 63.6 Å². The van der Waals surface area contributed by atoms with Crippen LogP contribution in [-0.4, -0.2) is 25.5 Å². The summed E-state index contributed by atoms with van der Waals surface area (Å²) in [6, 6.07) is 7.17. The lowest BCUT2D eigenvalue weighted by Gasteiger charge is -2.38. The highest BCUT2D eigenvalue weighted by molar-refractivity contribution is 5.30. The third-order valence-electron chi connectivity index (χ3n) is 10.3. The van der Waals surface area contributed by atoms with Gasteiger partial charge in [0.25, 0.3) is 0 Å². The zero-order chi connectivity index (χ0) is 32.9. The molecule has 0 bridgehead atoms. The number of alkyl halides is 5. The van der Waals surface area contributed by atoms with Gasteiger partial charge in [-0.05, 0) is 79.5 Å². The predicted molar refractivity (Wildman–Crippen MR) is 161 cm³/mol. The Morgan fingerprint density at radius 1 is 0.761 bits per heavy atom. The fraction of sp³-hybridized carbons (Fsp3) is 0.667. The molecular weight excluding hydrogens is 613 g/mol. The lowest BCUT2D eigenvalue weighted by Crippen LogP contribution is -2.37. The molecule has 2 aromatic rings. The van der Waals surface area contributed by atoms with Gasteiger partial charge in [-0.15, -0.1) is 0 Å². The Kier molecular flexibility index (Phi) is 11.6. The first-order chi connectivity index (χ1) is 21.9. The van der Waals surface area contributed by atoms with E-state index < -0.39 is 53.9 Å². The van der Waals surface area contributed by atoms with Crippen LogP contribution in [0.5, 0.6) is 5.75 Å². The second kappa shape index (κ2) is 15.3. The van der Waals surface area contributed by atoms with Crippen LogP contribution in [0, 0.1) is 35.3 Å². The van der Waals surface area contributed by atoms with Gasteiger partial charge in [-0.2, -0.15) is 22.0 Å². The Morgan fingerprint density at radius 2 is 1.46 bits per heavy atom. The predicted octanol–water partition coefficient (Wildman–Crippen LogP) is 11.1. The molecule has 0 radical (unpaired) electrons. The minimum Gasteiger partial charge on any atom is -0.432 e. The van der Waals surface area contributed by atoms with Gasteiger partial charge in [0.1, 0.15) is 17.4 Å². The molecule has 2 saturated carbocycles. The molecule has 1 saturated heterocycles. The van der Waals surface area contributed by atoms with E-state index in [9.17, 15) is 26.3 Å². The van der Waals surface area contributed by atoms with Crippen LogP contribution in [0.2, 0.25) is 0 Å². The first-order valence-electron chi connectivity index (χ1n) is 16.9. The molecular formula is C36H45F7O3. The minimum atomic E-state index is -4.63. The maximum Gasteiger partial charge on any atom is 0.400 e. The van der Waals surface area contributed by atoms with Gasteiger partial charge in [0, 0.05) is 17.5 Å². The Morgan fingerprint density at radius 3 is 2.07 bits per heavy atom. The Labute approximate surface area is 267 Å². The van der Waals surface area contributed by atoms with Crippen LogP contribution >= 0.6 is 0 Å². The lowest BCUT2D eigenvalue weighted by atomic mass is 9.74. The van der Waals surface area contributed by atoms with Crippen molar-refractivity contribution in [3.63, 3.8) is 0 Å². The summed E-state index contributed by atoms with van der Waals surface area (Å²) in [5.74, 6) is -1.88. The monoisotopic (exact) mass is 658 g/mol. The fourth-order valence-corrected chi connectivity index (χ4v) is 7.57. The zero-order valence-corrected chi connectivity index (χ0v) is 26.4. The molecule has 3 fully saturated rings. The van der Waals surface area contributed by atoms with E-state index >= 15 is 4.39 Å². The smallest absolute Gasteiger partial charge is 0.400 e. The molecule has 256 valence electrons. The fourth-order valence-electron chi connectivity index (χ4n) is 7.57. The quantitative estimate of drug-likeness (QED) is 0.178. The van der Waals surface area contributed by atoms with E-state index in [-0.39, 0.29) is 18.8 Å². The summed E-state index contributed by atoms with van der Waals surface area (Å²) in [5, 5.41) is 0. The van der Waals surface area contributed by atoms with E-state index in [0.717, 1.165) is 18.1 Å². The highest BCUT2D eigenvalue weighted by Gasteiger charge is 2.44. The maximum atomic E-state index is 15.3. The van der Waals surface area contributed by atoms with Crippen molar-refractivity contribution < 1.29 is 44.9 Å². The molecule has 3 aliphatic rings. The van der Waals surface area contributed by atoms with Crippen LogP contribution in [0.1, 0.15) is 113 Å². The van der Waals surface area contributed by atoms with Crippen molar-refractivity contribution in [1.29, 1.82) is 0 Å². The highest BCUT2D eigenvalue weighted by Crippen LogP contribution is 2.45. The van der Waals surface area contributed by atoms with Crippen molar-refractivity contribution in [2.45, 2.75) is 115 Å². The molecule has 0 unspecified atom stereocenters. The summed E-state index contributed by atoms with van der Waals surface area (Å²) >= 11 is 0. The van der Waals surface area contributed by atoms with E-state index in [4.69, 9.17) is 14.2 Å². The summed E-state index contributed by atoms with van der Waals surface area (Å²) < 4.78 is 114. The molecule has 46 heavy (non-hydrogen) atoms. The molecule has 0 amide bonds. The lowest BCUT2D eigenvalue weighted by molar-refractivity contribution is -0.222. The van der Waals surface area contributed by atoms with Crippen LogP contribution in [0.4, 0.5) is 30.7 Å². The summed E-state index contributed by atoms with van der Waals surface area (Å²) in [7, 11) is 0. The SMILES string of the molecule is CCCCCC1CCC(C2COC(c3ccc(C4CCC(C(F)(F)Oc5ccc(CC(F)(F)F)c(F)c5)CC4)c(F)c3)OC2)CC1. The number of hydrogen-bond donors (Lipinski definition) is 0. The van der Waals surface area contributed by atoms with Crippen molar-refractivity contribution in [1.82, 2.24) is 0 Å². The van der Waals surface area contributed by atoms with Gasteiger partial charge in [0.2, 0.25) is 0 Å². The van der Waals surface area contributed by atoms with Gasteiger partial charge in [0.15, 0.2) is 6.29 Å². The van der Waals surface area contributed by atoms with Gasteiger partial charge in [-0.25, -0.2) is 8.78 Å². The molecule has 0 aromatic heterocycles. The van der Waals surface area contributed by atoms with E-state index in [2.05, 4.69) is 6.92 Å². The maximum absolute atomic E-state index is 15.3. The van der Waals surface area contributed by atoms with Crippen molar-refractivity contribution in [3.8, 4) is 5.75 Å². The Hall–Kier alpha value is -2.33. The number of hydrogen-bond acceptors (Lipinski definition) is 3. The average Bonchev–Trinajstić information content (AvgIpc) is 3.02. The van der Waals surface area contributed by atoms with E-state index in [1.54, 1.807) is 12.1 Å². The summed E-state index contributed by atoms with van der Waals surface area (Å²) in [6.07, 6.45) is 0.462. The molecule has 1 heterocycles. The first-order valence-corrected chi connectivity index (χ1v) is 16.9. The second-order valence-corrected chi connectivity index (χ2v) is 13.6. The molecule has 3 nitrogen and oxygen atoms in total.